The highest BCUT2D eigenvalue weighted by molar-refractivity contribution is 7.70. The third kappa shape index (κ3) is 2.14. The van der Waals surface area contributed by atoms with Crippen molar-refractivity contribution >= 4 is 22.5 Å². The average molecular weight is 286 g/mol. The minimum absolute atomic E-state index is 0.0760. The maximum Gasteiger partial charge on any atom is 0.272 e. The molecule has 0 amide bonds. The Labute approximate surface area is 102 Å². The highest BCUT2D eigenvalue weighted by Crippen LogP contribution is 2.46. The number of hydrogen-bond donors (Lipinski definition) is 2. The normalized spacial score (nSPS) is 21.8. The second kappa shape index (κ2) is 4.15. The van der Waals surface area contributed by atoms with E-state index in [0.717, 1.165) is 12.1 Å². The minimum atomic E-state index is -3.39. The number of thiol groups is 1. The molecule has 0 spiro atoms. The van der Waals surface area contributed by atoms with Crippen LogP contribution in [-0.4, -0.2) is 14.3 Å². The predicted molar refractivity (Wildman–Crippen MR) is 56.3 cm³/mol. The van der Waals surface area contributed by atoms with E-state index in [9.17, 15) is 21.6 Å². The van der Waals surface area contributed by atoms with Gasteiger partial charge in [0, 0.05) is 22.6 Å². The van der Waals surface area contributed by atoms with E-state index in [2.05, 4.69) is 0 Å². The van der Waals surface area contributed by atoms with Crippen LogP contribution in [0.3, 0.4) is 0 Å². The van der Waals surface area contributed by atoms with Gasteiger partial charge in [-0.1, -0.05) is 11.6 Å². The SMILES string of the molecule is O=[SH](=O)NC1c2c(Cl)ccc(F)c2CC1(F)F. The van der Waals surface area contributed by atoms with Crippen molar-refractivity contribution in [3.63, 3.8) is 0 Å². The molecule has 8 heteroatoms. The van der Waals surface area contributed by atoms with E-state index < -0.39 is 35.1 Å². The third-order valence-electron chi connectivity index (χ3n) is 2.60. The lowest BCUT2D eigenvalue weighted by Gasteiger charge is -2.18. The van der Waals surface area contributed by atoms with Crippen LogP contribution in [-0.2, 0) is 17.3 Å². The molecule has 0 fully saturated rings. The van der Waals surface area contributed by atoms with Crippen molar-refractivity contribution in [1.29, 1.82) is 0 Å². The Morgan fingerprint density at radius 2 is 2.06 bits per heavy atom. The molecular weight excluding hydrogens is 279 g/mol. The number of alkyl halides is 2. The lowest BCUT2D eigenvalue weighted by atomic mass is 10.1. The molecule has 1 aromatic carbocycles. The summed E-state index contributed by atoms with van der Waals surface area (Å²) in [5.74, 6) is -4.20. The lowest BCUT2D eigenvalue weighted by molar-refractivity contribution is -0.0187. The molecule has 94 valence electrons. The standard InChI is InChI=1S/C9H7ClF3NO2S/c10-5-1-2-6(11)4-3-9(12,13)8(7(4)5)14-17(15)16/h1-2,8,17H,3H2,(H,14,15,16). The van der Waals surface area contributed by atoms with E-state index in [-0.39, 0.29) is 16.1 Å². The molecule has 1 atom stereocenters. The molecule has 1 aromatic rings. The molecule has 0 saturated carbocycles. The van der Waals surface area contributed by atoms with Gasteiger partial charge in [0.1, 0.15) is 11.9 Å². The maximum atomic E-state index is 13.6. The quantitative estimate of drug-likeness (QED) is 0.815. The van der Waals surface area contributed by atoms with Crippen LogP contribution >= 0.6 is 11.6 Å². The fourth-order valence-electron chi connectivity index (χ4n) is 1.91. The largest absolute Gasteiger partial charge is 0.272 e. The molecule has 2 rings (SSSR count). The van der Waals surface area contributed by atoms with Crippen molar-refractivity contribution in [1.82, 2.24) is 4.72 Å². The Kier molecular flexibility index (Phi) is 3.09. The molecule has 1 aliphatic rings. The van der Waals surface area contributed by atoms with Gasteiger partial charge in [0.05, 0.1) is 0 Å². The molecule has 0 bridgehead atoms. The summed E-state index contributed by atoms with van der Waals surface area (Å²) in [6.07, 6.45) is -0.866. The van der Waals surface area contributed by atoms with Crippen LogP contribution in [0.5, 0.6) is 0 Å². The van der Waals surface area contributed by atoms with Gasteiger partial charge in [-0.3, -0.25) is 0 Å². The van der Waals surface area contributed by atoms with Crippen LogP contribution in [0.2, 0.25) is 5.02 Å². The van der Waals surface area contributed by atoms with Crippen LogP contribution in [0.15, 0.2) is 12.1 Å². The van der Waals surface area contributed by atoms with Crippen molar-refractivity contribution in [2.45, 2.75) is 18.4 Å². The number of rotatable bonds is 2. The molecule has 0 saturated heterocycles. The lowest BCUT2D eigenvalue weighted by Crippen LogP contribution is -2.33. The van der Waals surface area contributed by atoms with Crippen molar-refractivity contribution in [3.8, 4) is 0 Å². The summed E-state index contributed by atoms with van der Waals surface area (Å²) in [4.78, 5) is 0. The summed E-state index contributed by atoms with van der Waals surface area (Å²) in [5.41, 5.74) is -0.423. The van der Waals surface area contributed by atoms with Crippen molar-refractivity contribution in [2.75, 3.05) is 0 Å². The fraction of sp³-hybridized carbons (Fsp3) is 0.333. The fourth-order valence-corrected chi connectivity index (χ4v) is 2.73. The first-order valence-electron chi connectivity index (χ1n) is 4.58. The van der Waals surface area contributed by atoms with Crippen molar-refractivity contribution in [3.05, 3.63) is 34.1 Å². The number of halogens is 4. The van der Waals surface area contributed by atoms with E-state index >= 15 is 0 Å². The molecule has 0 aromatic heterocycles. The van der Waals surface area contributed by atoms with Crippen LogP contribution < -0.4 is 4.72 Å². The summed E-state index contributed by atoms with van der Waals surface area (Å²) < 4.78 is 63.2. The summed E-state index contributed by atoms with van der Waals surface area (Å²) in [6.45, 7) is 0. The summed E-state index contributed by atoms with van der Waals surface area (Å²) in [7, 11) is -3.23. The van der Waals surface area contributed by atoms with Gasteiger partial charge in [0.15, 0.2) is 0 Å². The zero-order valence-corrected chi connectivity index (χ0v) is 9.87. The van der Waals surface area contributed by atoms with Crippen LogP contribution in [0, 0.1) is 5.82 Å². The first kappa shape index (κ1) is 12.7. The molecule has 1 unspecified atom stereocenters. The first-order chi connectivity index (χ1) is 7.83. The molecule has 17 heavy (non-hydrogen) atoms. The Morgan fingerprint density at radius 1 is 1.41 bits per heavy atom. The molecule has 1 N–H and O–H groups in total. The second-order valence-electron chi connectivity index (χ2n) is 3.68. The van der Waals surface area contributed by atoms with E-state index in [1.807, 2.05) is 0 Å². The molecule has 0 radical (unpaired) electrons. The van der Waals surface area contributed by atoms with E-state index in [4.69, 9.17) is 11.6 Å². The smallest absolute Gasteiger partial charge is 0.215 e. The van der Waals surface area contributed by atoms with E-state index in [0.29, 0.717) is 0 Å². The van der Waals surface area contributed by atoms with Gasteiger partial charge in [0.2, 0.25) is 10.9 Å². The van der Waals surface area contributed by atoms with Gasteiger partial charge in [-0.15, -0.1) is 0 Å². The van der Waals surface area contributed by atoms with Crippen LogP contribution in [0.1, 0.15) is 17.2 Å². The summed E-state index contributed by atoms with van der Waals surface area (Å²) >= 11 is 5.71. The monoisotopic (exact) mass is 285 g/mol. The molecule has 0 heterocycles. The minimum Gasteiger partial charge on any atom is -0.215 e. The topological polar surface area (TPSA) is 46.2 Å². The van der Waals surface area contributed by atoms with Crippen LogP contribution in [0.25, 0.3) is 0 Å². The van der Waals surface area contributed by atoms with Gasteiger partial charge in [-0.2, -0.15) is 0 Å². The number of fused-ring (bicyclic) bond motifs is 1. The molecule has 3 nitrogen and oxygen atoms in total. The van der Waals surface area contributed by atoms with Crippen LogP contribution in [0.4, 0.5) is 13.2 Å². The summed E-state index contributed by atoms with van der Waals surface area (Å²) in [6, 6.07) is 0.308. The van der Waals surface area contributed by atoms with Gasteiger partial charge in [-0.25, -0.2) is 26.3 Å². The maximum absolute atomic E-state index is 13.6. The number of nitrogens with one attached hydrogen (secondary N) is 1. The zero-order chi connectivity index (χ0) is 12.8. The number of hydrogen-bond acceptors (Lipinski definition) is 2. The second-order valence-corrected chi connectivity index (χ2v) is 4.86. The van der Waals surface area contributed by atoms with Crippen molar-refractivity contribution < 1.29 is 21.6 Å². The predicted octanol–water partition coefficient (Wildman–Crippen LogP) is 1.83. The van der Waals surface area contributed by atoms with Gasteiger partial charge >= 0.3 is 0 Å². The van der Waals surface area contributed by atoms with Gasteiger partial charge in [-0.05, 0) is 12.1 Å². The Morgan fingerprint density at radius 3 is 2.65 bits per heavy atom. The first-order valence-corrected chi connectivity index (χ1v) is 6.13. The molecular formula is C9H7ClF3NO2S. The average Bonchev–Trinajstić information content (AvgIpc) is 2.46. The van der Waals surface area contributed by atoms with E-state index in [1.165, 1.54) is 0 Å². The van der Waals surface area contributed by atoms with Crippen molar-refractivity contribution in [2.24, 2.45) is 0 Å². The zero-order valence-electron chi connectivity index (χ0n) is 8.21. The van der Waals surface area contributed by atoms with Gasteiger partial charge in [0.25, 0.3) is 5.92 Å². The third-order valence-corrected chi connectivity index (χ3v) is 3.40. The highest BCUT2D eigenvalue weighted by Gasteiger charge is 2.50. The highest BCUT2D eigenvalue weighted by atomic mass is 35.5. The Bertz CT molecular complexity index is 539. The Balaban J connectivity index is 2.59. The Hall–Kier alpha value is -0.790. The summed E-state index contributed by atoms with van der Waals surface area (Å²) in [5, 5.41) is -0.0760. The molecule has 1 aliphatic carbocycles. The van der Waals surface area contributed by atoms with Gasteiger partial charge < -0.3 is 0 Å². The molecule has 0 aliphatic heterocycles. The number of benzene rings is 1. The van der Waals surface area contributed by atoms with E-state index in [1.54, 1.807) is 4.72 Å².